The molecule has 2 heteroatoms. The molecule has 0 heterocycles. The maximum Gasteiger partial charge on any atom is 0.0925 e. The summed E-state index contributed by atoms with van der Waals surface area (Å²) in [5, 5.41) is 0. The van der Waals surface area contributed by atoms with Crippen molar-refractivity contribution in [2.24, 2.45) is 0 Å². The SMILES string of the molecule is C=C(I)C(C)(C)OCCc1ccccc1. The highest BCUT2D eigenvalue weighted by Crippen LogP contribution is 2.24. The summed E-state index contributed by atoms with van der Waals surface area (Å²) in [5.74, 6) is 0. The first-order valence-electron chi connectivity index (χ1n) is 5.05. The molecule has 82 valence electrons. The van der Waals surface area contributed by atoms with Crippen molar-refractivity contribution < 1.29 is 4.74 Å². The smallest absolute Gasteiger partial charge is 0.0925 e. The van der Waals surface area contributed by atoms with Gasteiger partial charge in [-0.1, -0.05) is 36.9 Å². The van der Waals surface area contributed by atoms with Crippen molar-refractivity contribution in [2.75, 3.05) is 6.61 Å². The molecule has 0 aliphatic rings. The summed E-state index contributed by atoms with van der Waals surface area (Å²) in [7, 11) is 0. The van der Waals surface area contributed by atoms with Crippen LogP contribution in [0.15, 0.2) is 40.5 Å². The normalized spacial score (nSPS) is 11.4. The van der Waals surface area contributed by atoms with E-state index in [1.807, 2.05) is 19.9 Å². The van der Waals surface area contributed by atoms with Gasteiger partial charge < -0.3 is 4.74 Å². The highest BCUT2D eigenvalue weighted by molar-refractivity contribution is 14.1. The Labute approximate surface area is 106 Å². The molecule has 1 aromatic carbocycles. The topological polar surface area (TPSA) is 9.23 Å². The molecule has 1 aromatic rings. The van der Waals surface area contributed by atoms with Gasteiger partial charge in [-0.25, -0.2) is 0 Å². The van der Waals surface area contributed by atoms with Gasteiger partial charge in [0, 0.05) is 3.58 Å². The first-order valence-corrected chi connectivity index (χ1v) is 6.13. The van der Waals surface area contributed by atoms with Crippen LogP contribution in [0.4, 0.5) is 0 Å². The lowest BCUT2D eigenvalue weighted by molar-refractivity contribution is 0.0205. The molecule has 15 heavy (non-hydrogen) atoms. The van der Waals surface area contributed by atoms with Crippen LogP contribution in [0, 0.1) is 0 Å². The second-order valence-corrected chi connectivity index (χ2v) is 5.30. The summed E-state index contributed by atoms with van der Waals surface area (Å²) in [6.07, 6.45) is 0.953. The van der Waals surface area contributed by atoms with E-state index in [0.29, 0.717) is 0 Å². The lowest BCUT2D eigenvalue weighted by Crippen LogP contribution is -2.25. The molecule has 0 N–H and O–H groups in total. The summed E-state index contributed by atoms with van der Waals surface area (Å²) in [6, 6.07) is 10.4. The first-order chi connectivity index (χ1) is 7.02. The predicted molar refractivity (Wildman–Crippen MR) is 73.3 cm³/mol. The Morgan fingerprint density at radius 2 is 1.93 bits per heavy atom. The lowest BCUT2D eigenvalue weighted by Gasteiger charge is -2.24. The molecule has 0 aliphatic carbocycles. The van der Waals surface area contributed by atoms with Gasteiger partial charge in [-0.3, -0.25) is 0 Å². The van der Waals surface area contributed by atoms with Crippen molar-refractivity contribution in [3.63, 3.8) is 0 Å². The van der Waals surface area contributed by atoms with Gasteiger partial charge in [-0.05, 0) is 48.4 Å². The Balaban J connectivity index is 2.37. The quantitative estimate of drug-likeness (QED) is 0.747. The maximum atomic E-state index is 5.79. The van der Waals surface area contributed by atoms with E-state index in [1.165, 1.54) is 5.56 Å². The molecule has 0 atom stereocenters. The fourth-order valence-corrected chi connectivity index (χ4v) is 1.30. The van der Waals surface area contributed by atoms with Crippen molar-refractivity contribution in [2.45, 2.75) is 25.9 Å². The molecule has 0 spiro atoms. The summed E-state index contributed by atoms with van der Waals surface area (Å²) < 4.78 is 6.82. The van der Waals surface area contributed by atoms with E-state index in [2.05, 4.69) is 53.4 Å². The molecule has 0 aliphatic heterocycles. The van der Waals surface area contributed by atoms with E-state index in [4.69, 9.17) is 4.74 Å². The zero-order chi connectivity index (χ0) is 11.3. The van der Waals surface area contributed by atoms with E-state index in [0.717, 1.165) is 16.6 Å². The van der Waals surface area contributed by atoms with E-state index in [1.54, 1.807) is 0 Å². The monoisotopic (exact) mass is 316 g/mol. The van der Waals surface area contributed by atoms with Gasteiger partial charge in [0.25, 0.3) is 0 Å². The molecular formula is C13H17IO. The number of halogens is 1. The summed E-state index contributed by atoms with van der Waals surface area (Å²) in [6.45, 7) is 8.75. The molecule has 0 saturated carbocycles. The Morgan fingerprint density at radius 1 is 1.33 bits per heavy atom. The minimum Gasteiger partial charge on any atom is -0.370 e. The van der Waals surface area contributed by atoms with E-state index in [9.17, 15) is 0 Å². The predicted octanol–water partition coefficient (Wildman–Crippen LogP) is 3.97. The molecule has 1 nitrogen and oxygen atoms in total. The third kappa shape index (κ3) is 4.34. The van der Waals surface area contributed by atoms with E-state index >= 15 is 0 Å². The van der Waals surface area contributed by atoms with Gasteiger partial charge in [-0.2, -0.15) is 0 Å². The Morgan fingerprint density at radius 3 is 2.47 bits per heavy atom. The van der Waals surface area contributed by atoms with Crippen LogP contribution >= 0.6 is 22.6 Å². The van der Waals surface area contributed by atoms with Crippen molar-refractivity contribution in [1.82, 2.24) is 0 Å². The molecule has 0 unspecified atom stereocenters. The first kappa shape index (κ1) is 12.7. The second-order valence-electron chi connectivity index (χ2n) is 4.00. The van der Waals surface area contributed by atoms with Crippen LogP contribution in [-0.2, 0) is 11.2 Å². The zero-order valence-corrected chi connectivity index (χ0v) is 11.5. The van der Waals surface area contributed by atoms with Crippen LogP contribution in [-0.4, -0.2) is 12.2 Å². The minimum absolute atomic E-state index is 0.227. The van der Waals surface area contributed by atoms with E-state index in [-0.39, 0.29) is 5.60 Å². The summed E-state index contributed by atoms with van der Waals surface area (Å²) in [4.78, 5) is 0. The Bertz CT molecular complexity index is 317. The largest absolute Gasteiger partial charge is 0.370 e. The third-order valence-electron chi connectivity index (χ3n) is 2.35. The van der Waals surface area contributed by atoms with Gasteiger partial charge in [-0.15, -0.1) is 0 Å². The number of hydrogen-bond acceptors (Lipinski definition) is 1. The highest BCUT2D eigenvalue weighted by atomic mass is 127. The highest BCUT2D eigenvalue weighted by Gasteiger charge is 2.19. The van der Waals surface area contributed by atoms with Crippen LogP contribution in [0.3, 0.4) is 0 Å². The third-order valence-corrected chi connectivity index (χ3v) is 3.65. The fourth-order valence-electron chi connectivity index (χ4n) is 1.15. The van der Waals surface area contributed by atoms with Crippen LogP contribution in [0.25, 0.3) is 0 Å². The molecular weight excluding hydrogens is 299 g/mol. The molecule has 0 aromatic heterocycles. The molecule has 0 bridgehead atoms. The minimum atomic E-state index is -0.227. The number of hydrogen-bond donors (Lipinski definition) is 0. The molecule has 0 radical (unpaired) electrons. The molecule has 0 saturated heterocycles. The van der Waals surface area contributed by atoms with Crippen LogP contribution in [0.2, 0.25) is 0 Å². The summed E-state index contributed by atoms with van der Waals surface area (Å²) >= 11 is 2.22. The van der Waals surface area contributed by atoms with Gasteiger partial charge in [0.05, 0.1) is 12.2 Å². The van der Waals surface area contributed by atoms with Crippen LogP contribution in [0.1, 0.15) is 19.4 Å². The lowest BCUT2D eigenvalue weighted by atomic mass is 10.1. The molecule has 1 rings (SSSR count). The standard InChI is InChI=1S/C13H17IO/c1-11(14)13(2,3)15-10-9-12-7-5-4-6-8-12/h4-8H,1,9-10H2,2-3H3. The van der Waals surface area contributed by atoms with Gasteiger partial charge in [0.1, 0.15) is 0 Å². The van der Waals surface area contributed by atoms with Crippen molar-refractivity contribution in [3.8, 4) is 0 Å². The zero-order valence-electron chi connectivity index (χ0n) is 9.29. The van der Waals surface area contributed by atoms with Crippen LogP contribution < -0.4 is 0 Å². The van der Waals surface area contributed by atoms with E-state index < -0.39 is 0 Å². The van der Waals surface area contributed by atoms with Crippen molar-refractivity contribution in [1.29, 1.82) is 0 Å². The van der Waals surface area contributed by atoms with Crippen molar-refractivity contribution in [3.05, 3.63) is 46.1 Å². The molecule has 0 amide bonds. The maximum absolute atomic E-state index is 5.79. The van der Waals surface area contributed by atoms with Gasteiger partial charge >= 0.3 is 0 Å². The van der Waals surface area contributed by atoms with Gasteiger partial charge in [0.15, 0.2) is 0 Å². The second kappa shape index (κ2) is 5.66. The van der Waals surface area contributed by atoms with Crippen LogP contribution in [0.5, 0.6) is 0 Å². The van der Waals surface area contributed by atoms with Gasteiger partial charge in [0.2, 0.25) is 0 Å². The Kier molecular flexibility index (Phi) is 4.80. The number of benzene rings is 1. The summed E-state index contributed by atoms with van der Waals surface area (Å²) in [5.41, 5.74) is 1.09. The number of ether oxygens (including phenoxy) is 1. The fraction of sp³-hybridized carbons (Fsp3) is 0.385. The van der Waals surface area contributed by atoms with Crippen molar-refractivity contribution >= 4 is 22.6 Å². The number of rotatable bonds is 5. The molecule has 0 fully saturated rings. The average molecular weight is 316 g/mol. The average Bonchev–Trinajstić information content (AvgIpc) is 2.19. The Hall–Kier alpha value is -0.350.